The summed E-state index contributed by atoms with van der Waals surface area (Å²) >= 11 is 0. The Labute approximate surface area is 145 Å². The largest absolute Gasteiger partial charge is 0.332 e. The number of hydrogen-bond donors (Lipinski definition) is 0. The molecule has 0 heterocycles. The SMILES string of the molecule is [CH2-]C(=O)c1cc(C)c(-c2ccc(C)c(C)c2)c(C)c1.[U]. The monoisotopic (exact) mass is 489 g/mol. The molecular weight excluding hydrogens is 470 g/mol. The van der Waals surface area contributed by atoms with Gasteiger partial charge < -0.3 is 4.79 Å². The number of hydrogen-bond acceptors (Lipinski definition) is 1. The second-order valence-corrected chi connectivity index (χ2v) is 5.21. The van der Waals surface area contributed by atoms with E-state index in [1.807, 2.05) is 26.0 Å². The van der Waals surface area contributed by atoms with Crippen LogP contribution in [0.5, 0.6) is 0 Å². The molecule has 0 aliphatic heterocycles. The minimum absolute atomic E-state index is 0. The van der Waals surface area contributed by atoms with Crippen LogP contribution in [0.15, 0.2) is 30.3 Å². The van der Waals surface area contributed by atoms with Gasteiger partial charge in [0.05, 0.1) is 0 Å². The maximum atomic E-state index is 11.4. The van der Waals surface area contributed by atoms with Crippen molar-refractivity contribution in [2.45, 2.75) is 27.7 Å². The van der Waals surface area contributed by atoms with Crippen LogP contribution in [-0.2, 0) is 0 Å². The standard InChI is InChI=1S/C18H19O.U/c1-11-6-7-16(8-12(11)2)18-13(3)9-17(15(5)19)10-14(18)4;/h6-10H,5H2,1-4H3;/q-1;. The number of aryl methyl sites for hydroxylation is 4. The van der Waals surface area contributed by atoms with Crippen molar-refractivity contribution in [2.75, 3.05) is 0 Å². The molecule has 0 atom stereocenters. The van der Waals surface area contributed by atoms with Gasteiger partial charge in [-0.3, -0.25) is 0 Å². The molecule has 0 aromatic heterocycles. The molecule has 0 amide bonds. The van der Waals surface area contributed by atoms with Crippen molar-refractivity contribution >= 4 is 5.78 Å². The fourth-order valence-corrected chi connectivity index (χ4v) is 2.48. The van der Waals surface area contributed by atoms with E-state index in [0.29, 0.717) is 5.56 Å². The molecule has 2 rings (SSSR count). The van der Waals surface area contributed by atoms with Crippen LogP contribution in [0.4, 0.5) is 0 Å². The van der Waals surface area contributed by atoms with E-state index in [4.69, 9.17) is 0 Å². The van der Waals surface area contributed by atoms with Crippen molar-refractivity contribution in [3.05, 3.63) is 65.1 Å². The van der Waals surface area contributed by atoms with Gasteiger partial charge in [0, 0.05) is 36.9 Å². The van der Waals surface area contributed by atoms with Crippen LogP contribution in [-0.4, -0.2) is 5.78 Å². The van der Waals surface area contributed by atoms with Crippen molar-refractivity contribution in [3.63, 3.8) is 0 Å². The molecule has 2 aromatic carbocycles. The van der Waals surface area contributed by atoms with E-state index >= 15 is 0 Å². The van der Waals surface area contributed by atoms with E-state index < -0.39 is 0 Å². The molecule has 0 saturated heterocycles. The molecule has 20 heavy (non-hydrogen) atoms. The number of benzene rings is 2. The van der Waals surface area contributed by atoms with Crippen LogP contribution < -0.4 is 0 Å². The minimum atomic E-state index is -0.127. The zero-order chi connectivity index (χ0) is 14.2. The minimum Gasteiger partial charge on any atom is -0.332 e. The molecule has 0 unspecified atom stereocenters. The first-order chi connectivity index (χ1) is 8.90. The quantitative estimate of drug-likeness (QED) is 0.445. The van der Waals surface area contributed by atoms with E-state index in [-0.39, 0.29) is 36.9 Å². The van der Waals surface area contributed by atoms with Crippen molar-refractivity contribution in [2.24, 2.45) is 0 Å². The number of carbonyl (C=O) groups excluding carboxylic acids is 1. The molecule has 2 heteroatoms. The first kappa shape index (κ1) is 17.1. The Morgan fingerprint density at radius 1 is 0.850 bits per heavy atom. The maximum Gasteiger partial charge on any atom is 0.0215 e. The maximum absolute atomic E-state index is 11.4. The fourth-order valence-electron chi connectivity index (χ4n) is 2.48. The van der Waals surface area contributed by atoms with Gasteiger partial charge in [-0.05, 0) is 49.9 Å². The molecule has 0 saturated carbocycles. The molecule has 2 aromatic rings. The molecule has 0 radical (unpaired) electrons. The van der Waals surface area contributed by atoms with Gasteiger partial charge in [-0.25, -0.2) is 0 Å². The van der Waals surface area contributed by atoms with Gasteiger partial charge in [0.1, 0.15) is 0 Å². The van der Waals surface area contributed by atoms with Crippen molar-refractivity contribution in [1.82, 2.24) is 0 Å². The van der Waals surface area contributed by atoms with Crippen LogP contribution in [0.3, 0.4) is 0 Å². The predicted molar refractivity (Wildman–Crippen MR) is 80.5 cm³/mol. The Kier molecular flexibility index (Phi) is 5.69. The zero-order valence-electron chi connectivity index (χ0n) is 12.5. The third-order valence-electron chi connectivity index (χ3n) is 3.65. The smallest absolute Gasteiger partial charge is 0.0215 e. The molecule has 102 valence electrons. The Balaban J connectivity index is 0.00000200. The third-order valence-corrected chi connectivity index (χ3v) is 3.65. The average Bonchev–Trinajstić information content (AvgIpc) is 2.32. The summed E-state index contributed by atoms with van der Waals surface area (Å²) in [6.45, 7) is 11.8. The zero-order valence-corrected chi connectivity index (χ0v) is 16.7. The molecule has 0 fully saturated rings. The molecule has 0 spiro atoms. The molecule has 0 aliphatic carbocycles. The fraction of sp³-hybridized carbons (Fsp3) is 0.222. The van der Waals surface area contributed by atoms with Gasteiger partial charge in [-0.15, -0.1) is 17.7 Å². The van der Waals surface area contributed by atoms with Gasteiger partial charge in [0.2, 0.25) is 0 Å². The average molecular weight is 489 g/mol. The van der Waals surface area contributed by atoms with Gasteiger partial charge in [0.15, 0.2) is 0 Å². The molecule has 0 bridgehead atoms. The summed E-state index contributed by atoms with van der Waals surface area (Å²) in [6, 6.07) is 10.3. The molecular formula is C18H19OU-. The van der Waals surface area contributed by atoms with E-state index in [9.17, 15) is 4.79 Å². The van der Waals surface area contributed by atoms with E-state index in [0.717, 1.165) is 11.1 Å². The Morgan fingerprint density at radius 2 is 1.40 bits per heavy atom. The summed E-state index contributed by atoms with van der Waals surface area (Å²) in [4.78, 5) is 11.4. The summed E-state index contributed by atoms with van der Waals surface area (Å²) in [6.07, 6.45) is 0. The van der Waals surface area contributed by atoms with E-state index in [1.54, 1.807) is 0 Å². The number of rotatable bonds is 2. The van der Waals surface area contributed by atoms with E-state index in [2.05, 4.69) is 39.0 Å². The summed E-state index contributed by atoms with van der Waals surface area (Å²) in [5, 5.41) is 0. The molecule has 0 N–H and O–H groups in total. The van der Waals surface area contributed by atoms with Crippen molar-refractivity contribution < 1.29 is 35.9 Å². The Hall–Kier alpha value is -0.968. The van der Waals surface area contributed by atoms with Crippen molar-refractivity contribution in [3.8, 4) is 11.1 Å². The normalized spacial score (nSPS) is 10.0. The first-order valence-electron chi connectivity index (χ1n) is 6.45. The second-order valence-electron chi connectivity index (χ2n) is 5.21. The third kappa shape index (κ3) is 3.37. The first-order valence-corrected chi connectivity index (χ1v) is 6.45. The number of carbonyl (C=O) groups is 1. The molecule has 0 aliphatic rings. The molecule has 1 nitrogen and oxygen atoms in total. The summed E-state index contributed by atoms with van der Waals surface area (Å²) in [7, 11) is 0. The van der Waals surface area contributed by atoms with Gasteiger partial charge in [0.25, 0.3) is 0 Å². The van der Waals surface area contributed by atoms with Crippen LogP contribution in [0.25, 0.3) is 11.1 Å². The van der Waals surface area contributed by atoms with Crippen LogP contribution in [0.2, 0.25) is 0 Å². The predicted octanol–water partition coefficient (Wildman–Crippen LogP) is 4.60. The van der Waals surface area contributed by atoms with Crippen LogP contribution in [0.1, 0.15) is 32.6 Å². The summed E-state index contributed by atoms with van der Waals surface area (Å²) in [5.41, 5.74) is 7.93. The van der Waals surface area contributed by atoms with E-state index in [1.165, 1.54) is 22.3 Å². The van der Waals surface area contributed by atoms with Crippen LogP contribution >= 0.6 is 0 Å². The van der Waals surface area contributed by atoms with Gasteiger partial charge in [-0.2, -0.15) is 6.92 Å². The Bertz CT molecular complexity index is 633. The summed E-state index contributed by atoms with van der Waals surface area (Å²) in [5.74, 6) is -0.127. The number of Topliss-reactive ketones (excluding diaryl/α,β-unsaturated/α-hetero) is 1. The second kappa shape index (κ2) is 6.66. The summed E-state index contributed by atoms with van der Waals surface area (Å²) < 4.78 is 0. The number of ketones is 1. The van der Waals surface area contributed by atoms with Crippen LogP contribution in [0, 0.1) is 65.7 Å². The topological polar surface area (TPSA) is 17.1 Å². The van der Waals surface area contributed by atoms with Gasteiger partial charge in [-0.1, -0.05) is 29.3 Å². The van der Waals surface area contributed by atoms with Crippen molar-refractivity contribution in [1.29, 1.82) is 0 Å². The Morgan fingerprint density at radius 3 is 1.85 bits per heavy atom. The van der Waals surface area contributed by atoms with Gasteiger partial charge >= 0.3 is 0 Å².